The molecule has 8 nitrogen and oxygen atoms in total. The van der Waals surface area contributed by atoms with Gasteiger partial charge in [-0.1, -0.05) is 12.1 Å². The molecule has 1 saturated heterocycles. The molecule has 5 N–H and O–H groups in total. The van der Waals surface area contributed by atoms with Crippen molar-refractivity contribution in [3.05, 3.63) is 35.4 Å². The Hall–Kier alpha value is -2.87. The van der Waals surface area contributed by atoms with Crippen LogP contribution in [0.25, 0.3) is 0 Å². The summed E-state index contributed by atoms with van der Waals surface area (Å²) in [4.78, 5) is 21.9. The minimum Gasteiger partial charge on any atom is -0.470 e. The van der Waals surface area contributed by atoms with Crippen molar-refractivity contribution < 1.29 is 9.53 Å². The molecule has 1 atom stereocenters. The number of ether oxygens (including phenoxy) is 1. The number of likely N-dealkylation sites (tertiary alicyclic amines) is 1. The fourth-order valence-electron chi connectivity index (χ4n) is 4.13. The van der Waals surface area contributed by atoms with Crippen molar-refractivity contribution in [1.82, 2.24) is 14.9 Å². The lowest BCUT2D eigenvalue weighted by molar-refractivity contribution is -0.114. The van der Waals surface area contributed by atoms with E-state index in [-0.39, 0.29) is 17.5 Å². The van der Waals surface area contributed by atoms with Crippen molar-refractivity contribution in [3.8, 4) is 5.88 Å². The van der Waals surface area contributed by atoms with Gasteiger partial charge in [0.2, 0.25) is 17.7 Å². The first-order chi connectivity index (χ1) is 13.4. The fourth-order valence-corrected chi connectivity index (χ4v) is 4.13. The summed E-state index contributed by atoms with van der Waals surface area (Å²) in [5.41, 5.74) is 14.4. The molecule has 1 aromatic heterocycles. The van der Waals surface area contributed by atoms with Gasteiger partial charge in [-0.3, -0.25) is 9.69 Å². The zero-order valence-electron chi connectivity index (χ0n) is 16.1. The van der Waals surface area contributed by atoms with E-state index >= 15 is 0 Å². The van der Waals surface area contributed by atoms with Crippen molar-refractivity contribution in [1.29, 1.82) is 0 Å². The molecule has 0 aliphatic carbocycles. The van der Waals surface area contributed by atoms with Crippen LogP contribution < -0.4 is 21.5 Å². The van der Waals surface area contributed by atoms with Gasteiger partial charge in [-0.2, -0.15) is 9.97 Å². The molecule has 2 aromatic rings. The smallest absolute Gasteiger partial charge is 0.225 e. The zero-order valence-corrected chi connectivity index (χ0v) is 16.1. The van der Waals surface area contributed by atoms with E-state index in [1.165, 1.54) is 12.5 Å². The molecule has 1 spiro atoms. The Kier molecular flexibility index (Phi) is 4.80. The third kappa shape index (κ3) is 3.87. The first kappa shape index (κ1) is 18.5. The lowest BCUT2D eigenvalue weighted by Gasteiger charge is -2.27. The van der Waals surface area contributed by atoms with Crippen molar-refractivity contribution in [2.24, 2.45) is 0 Å². The fraction of sp³-hybridized carbons (Fsp3) is 0.450. The van der Waals surface area contributed by atoms with Gasteiger partial charge >= 0.3 is 0 Å². The highest BCUT2D eigenvalue weighted by atomic mass is 16.5. The zero-order chi connectivity index (χ0) is 19.7. The number of anilines is 3. The van der Waals surface area contributed by atoms with Crippen LogP contribution in [0.3, 0.4) is 0 Å². The van der Waals surface area contributed by atoms with Gasteiger partial charge in [0.25, 0.3) is 0 Å². The number of nitrogens with one attached hydrogen (secondary N) is 1. The predicted molar refractivity (Wildman–Crippen MR) is 108 cm³/mol. The number of nitrogens with zero attached hydrogens (tertiary/aromatic N) is 3. The number of nitrogen functional groups attached to an aromatic ring is 2. The average Bonchev–Trinajstić information content (AvgIpc) is 2.88. The summed E-state index contributed by atoms with van der Waals surface area (Å²) in [6.45, 7) is 4.33. The number of amides is 1. The number of nitrogens with two attached hydrogens (primary N) is 2. The highest BCUT2D eigenvalue weighted by Gasteiger charge is 2.42. The molecule has 1 fully saturated rings. The highest BCUT2D eigenvalue weighted by Crippen LogP contribution is 2.42. The van der Waals surface area contributed by atoms with Crippen LogP contribution in [-0.4, -0.2) is 39.5 Å². The topological polar surface area (TPSA) is 119 Å². The summed E-state index contributed by atoms with van der Waals surface area (Å²) < 4.78 is 6.25. The highest BCUT2D eigenvalue weighted by molar-refractivity contribution is 5.88. The lowest BCUT2D eigenvalue weighted by Crippen LogP contribution is -2.36. The van der Waals surface area contributed by atoms with Gasteiger partial charge in [-0.05, 0) is 37.1 Å². The quantitative estimate of drug-likeness (QED) is 0.742. The SMILES string of the molecule is CC(=O)Nc1ccc(CN2CCC[C@]3(CC2)Cc2c(N)nc(N)nc2O3)cc1. The van der Waals surface area contributed by atoms with Crippen LogP contribution in [0.5, 0.6) is 5.88 Å². The number of fused-ring (bicyclic) bond motifs is 1. The second kappa shape index (κ2) is 7.27. The molecular weight excluding hydrogens is 356 g/mol. The van der Waals surface area contributed by atoms with Crippen LogP contribution in [0.1, 0.15) is 37.3 Å². The number of aromatic nitrogens is 2. The normalized spacial score (nSPS) is 21.8. The Bertz CT molecular complexity index is 885. The molecule has 0 unspecified atom stereocenters. The molecule has 2 aliphatic heterocycles. The summed E-state index contributed by atoms with van der Waals surface area (Å²) >= 11 is 0. The molecule has 4 rings (SSSR count). The Morgan fingerprint density at radius 2 is 2.00 bits per heavy atom. The molecule has 148 valence electrons. The molecule has 0 saturated carbocycles. The number of hydrogen-bond donors (Lipinski definition) is 3. The molecule has 1 aromatic carbocycles. The predicted octanol–water partition coefficient (Wildman–Crippen LogP) is 1.96. The van der Waals surface area contributed by atoms with Crippen LogP contribution in [-0.2, 0) is 17.8 Å². The molecule has 3 heterocycles. The van der Waals surface area contributed by atoms with E-state index in [1.807, 2.05) is 12.1 Å². The van der Waals surface area contributed by atoms with E-state index in [9.17, 15) is 4.79 Å². The molecule has 0 radical (unpaired) electrons. The summed E-state index contributed by atoms with van der Waals surface area (Å²) in [6, 6.07) is 8.01. The Morgan fingerprint density at radius 1 is 1.21 bits per heavy atom. The van der Waals surface area contributed by atoms with E-state index < -0.39 is 0 Å². The largest absolute Gasteiger partial charge is 0.470 e. The van der Waals surface area contributed by atoms with Gasteiger partial charge in [0.1, 0.15) is 11.4 Å². The van der Waals surface area contributed by atoms with Gasteiger partial charge in [0.15, 0.2) is 0 Å². The van der Waals surface area contributed by atoms with Gasteiger partial charge in [-0.15, -0.1) is 0 Å². The van der Waals surface area contributed by atoms with Gasteiger partial charge < -0.3 is 21.5 Å². The monoisotopic (exact) mass is 382 g/mol. The summed E-state index contributed by atoms with van der Waals surface area (Å²) in [5.74, 6) is 1.08. The van der Waals surface area contributed by atoms with Crippen LogP contribution >= 0.6 is 0 Å². The number of rotatable bonds is 3. The van der Waals surface area contributed by atoms with E-state index in [2.05, 4.69) is 32.3 Å². The van der Waals surface area contributed by atoms with E-state index in [4.69, 9.17) is 16.2 Å². The minimum atomic E-state index is -0.261. The first-order valence-electron chi connectivity index (χ1n) is 9.62. The van der Waals surface area contributed by atoms with E-state index in [0.717, 1.165) is 56.6 Å². The van der Waals surface area contributed by atoms with Gasteiger partial charge in [0, 0.05) is 38.5 Å². The molecule has 8 heteroatoms. The minimum absolute atomic E-state index is 0.0600. The maximum Gasteiger partial charge on any atom is 0.225 e. The Morgan fingerprint density at radius 3 is 2.75 bits per heavy atom. The number of carbonyl (C=O) groups is 1. The number of hydrogen-bond acceptors (Lipinski definition) is 7. The van der Waals surface area contributed by atoms with Crippen molar-refractivity contribution in [2.45, 2.75) is 44.8 Å². The van der Waals surface area contributed by atoms with Crippen molar-refractivity contribution >= 4 is 23.4 Å². The Balaban J connectivity index is 1.39. The van der Waals surface area contributed by atoms with Crippen LogP contribution in [0.15, 0.2) is 24.3 Å². The molecule has 2 aliphatic rings. The van der Waals surface area contributed by atoms with E-state index in [1.54, 1.807) is 0 Å². The second-order valence-electron chi connectivity index (χ2n) is 7.72. The maximum atomic E-state index is 11.1. The molecule has 1 amide bonds. The Labute approximate surface area is 164 Å². The average molecular weight is 382 g/mol. The van der Waals surface area contributed by atoms with E-state index in [0.29, 0.717) is 11.7 Å². The van der Waals surface area contributed by atoms with Gasteiger partial charge in [-0.25, -0.2) is 0 Å². The van der Waals surface area contributed by atoms with Crippen LogP contribution in [0, 0.1) is 0 Å². The van der Waals surface area contributed by atoms with Crippen LogP contribution in [0.4, 0.5) is 17.5 Å². The number of benzene rings is 1. The third-order valence-corrected chi connectivity index (χ3v) is 5.50. The summed E-state index contributed by atoms with van der Waals surface area (Å²) in [7, 11) is 0. The third-order valence-electron chi connectivity index (χ3n) is 5.50. The second-order valence-corrected chi connectivity index (χ2v) is 7.72. The summed E-state index contributed by atoms with van der Waals surface area (Å²) in [6.07, 6.45) is 3.65. The van der Waals surface area contributed by atoms with Crippen LogP contribution in [0.2, 0.25) is 0 Å². The standard InChI is InChI=1S/C20H26N6O2/c1-13(27)23-15-5-3-14(4-6-15)12-26-9-2-7-20(8-10-26)11-16-17(21)24-19(22)25-18(16)28-20/h3-6H,2,7-12H2,1H3,(H,23,27)(H4,21,22,24,25)/t20-/m0/s1. The van der Waals surface area contributed by atoms with Crippen molar-refractivity contribution in [2.75, 3.05) is 29.9 Å². The lowest BCUT2D eigenvalue weighted by atomic mass is 9.90. The summed E-state index contributed by atoms with van der Waals surface area (Å²) in [5, 5.41) is 2.80. The first-order valence-corrected chi connectivity index (χ1v) is 9.62. The maximum absolute atomic E-state index is 11.1. The molecule has 28 heavy (non-hydrogen) atoms. The molecule has 0 bridgehead atoms. The molecular formula is C20H26N6O2. The van der Waals surface area contributed by atoms with Gasteiger partial charge in [0.05, 0.1) is 5.56 Å². The van der Waals surface area contributed by atoms with Crippen molar-refractivity contribution in [3.63, 3.8) is 0 Å². The number of carbonyl (C=O) groups excluding carboxylic acids is 1.